The van der Waals surface area contributed by atoms with Gasteiger partial charge in [-0.15, -0.1) is 11.3 Å². The number of hydrogen-bond donors (Lipinski definition) is 1. The minimum absolute atomic E-state index is 0.0238. The molecule has 0 spiro atoms. The van der Waals surface area contributed by atoms with Crippen molar-refractivity contribution < 1.29 is 14.6 Å². The number of ether oxygens (including phenoxy) is 1. The predicted molar refractivity (Wildman–Crippen MR) is 78.0 cm³/mol. The molecule has 2 heterocycles. The molecule has 0 saturated carbocycles. The van der Waals surface area contributed by atoms with Crippen LogP contribution in [0.15, 0.2) is 5.38 Å². The first-order valence-electron chi connectivity index (χ1n) is 6.91. The quantitative estimate of drug-likeness (QED) is 0.899. The van der Waals surface area contributed by atoms with E-state index in [0.717, 1.165) is 30.8 Å². The molecule has 5 nitrogen and oxygen atoms in total. The summed E-state index contributed by atoms with van der Waals surface area (Å²) in [6, 6.07) is 0. The van der Waals surface area contributed by atoms with Crippen LogP contribution in [-0.4, -0.2) is 54.3 Å². The van der Waals surface area contributed by atoms with E-state index in [-0.39, 0.29) is 17.9 Å². The topological polar surface area (TPSA) is 62.7 Å². The number of piperidine rings is 1. The molecular weight excluding hydrogens is 276 g/mol. The molecule has 1 aromatic heterocycles. The van der Waals surface area contributed by atoms with E-state index in [2.05, 4.69) is 4.98 Å². The number of carbonyl (C=O) groups is 1. The monoisotopic (exact) mass is 298 g/mol. The Morgan fingerprint density at radius 1 is 1.65 bits per heavy atom. The van der Waals surface area contributed by atoms with E-state index in [1.54, 1.807) is 7.11 Å². The van der Waals surface area contributed by atoms with Crippen molar-refractivity contribution in [3.8, 4) is 0 Å². The van der Waals surface area contributed by atoms with Gasteiger partial charge in [0.1, 0.15) is 5.69 Å². The molecule has 0 unspecified atom stereocenters. The van der Waals surface area contributed by atoms with Crippen molar-refractivity contribution >= 4 is 17.2 Å². The van der Waals surface area contributed by atoms with Gasteiger partial charge in [0.2, 0.25) is 0 Å². The van der Waals surface area contributed by atoms with Gasteiger partial charge in [0.15, 0.2) is 0 Å². The highest BCUT2D eigenvalue weighted by molar-refractivity contribution is 7.09. The molecule has 112 valence electrons. The summed E-state index contributed by atoms with van der Waals surface area (Å²) in [7, 11) is 1.66. The number of hydrogen-bond acceptors (Lipinski definition) is 5. The molecule has 1 N–H and O–H groups in total. The second kappa shape index (κ2) is 6.65. The maximum atomic E-state index is 12.4. The fraction of sp³-hybridized carbons (Fsp3) is 0.714. The molecule has 1 atom stereocenters. The van der Waals surface area contributed by atoms with E-state index in [9.17, 15) is 9.90 Å². The summed E-state index contributed by atoms with van der Waals surface area (Å²) in [5.74, 6) is -0.0238. The molecule has 0 bridgehead atoms. The van der Waals surface area contributed by atoms with Gasteiger partial charge in [-0.3, -0.25) is 4.79 Å². The number of carbonyl (C=O) groups excluding carboxylic acids is 1. The number of methoxy groups -OCH3 is 1. The van der Waals surface area contributed by atoms with Crippen LogP contribution in [0.4, 0.5) is 0 Å². The Morgan fingerprint density at radius 3 is 3.05 bits per heavy atom. The largest absolute Gasteiger partial charge is 0.396 e. The molecule has 0 aromatic carbocycles. The van der Waals surface area contributed by atoms with E-state index in [0.29, 0.717) is 18.8 Å². The van der Waals surface area contributed by atoms with Crippen LogP contribution >= 0.6 is 11.3 Å². The Hall–Kier alpha value is -0.980. The Bertz CT molecular complexity index is 463. The molecule has 1 aliphatic heterocycles. The van der Waals surface area contributed by atoms with Crippen molar-refractivity contribution in [2.24, 2.45) is 5.41 Å². The van der Waals surface area contributed by atoms with Gasteiger partial charge in [0.05, 0.1) is 11.6 Å². The van der Waals surface area contributed by atoms with Gasteiger partial charge in [-0.2, -0.15) is 0 Å². The van der Waals surface area contributed by atoms with E-state index in [1.807, 2.05) is 17.2 Å². The van der Waals surface area contributed by atoms with Gasteiger partial charge in [-0.25, -0.2) is 4.98 Å². The number of rotatable bonds is 5. The van der Waals surface area contributed by atoms with Crippen LogP contribution in [0.3, 0.4) is 0 Å². The average molecular weight is 298 g/mol. The summed E-state index contributed by atoms with van der Waals surface area (Å²) in [5.41, 5.74) is 0.294. The standard InChI is InChI=1S/C14H22N2O3S/c1-11-15-12(8-20-11)13(18)16-6-3-4-14(9-16,10-17)5-7-19-2/h8,17H,3-7,9-10H2,1-2H3/t14-/m0/s1. The lowest BCUT2D eigenvalue weighted by molar-refractivity contribution is 0.00876. The predicted octanol–water partition coefficient (Wildman–Crippen LogP) is 1.70. The fourth-order valence-electron chi connectivity index (χ4n) is 2.74. The van der Waals surface area contributed by atoms with Crippen LogP contribution in [0, 0.1) is 12.3 Å². The van der Waals surface area contributed by atoms with Crippen LogP contribution in [0.2, 0.25) is 0 Å². The molecular formula is C14H22N2O3S. The molecule has 1 amide bonds. The molecule has 1 saturated heterocycles. The van der Waals surface area contributed by atoms with E-state index < -0.39 is 0 Å². The first-order chi connectivity index (χ1) is 9.60. The van der Waals surface area contributed by atoms with Crippen molar-refractivity contribution in [1.29, 1.82) is 0 Å². The molecule has 6 heteroatoms. The zero-order valence-electron chi connectivity index (χ0n) is 12.1. The third kappa shape index (κ3) is 3.37. The molecule has 1 fully saturated rings. The van der Waals surface area contributed by atoms with Crippen molar-refractivity contribution in [3.63, 3.8) is 0 Å². The number of aliphatic hydroxyl groups excluding tert-OH is 1. The molecule has 2 rings (SSSR count). The number of aromatic nitrogens is 1. The van der Waals surface area contributed by atoms with Crippen molar-refractivity contribution in [2.45, 2.75) is 26.2 Å². The second-order valence-corrected chi connectivity index (χ2v) is 6.55. The van der Waals surface area contributed by atoms with Gasteiger partial charge in [-0.1, -0.05) is 0 Å². The summed E-state index contributed by atoms with van der Waals surface area (Å²) in [6.45, 7) is 3.93. The van der Waals surface area contributed by atoms with Crippen LogP contribution in [0.1, 0.15) is 34.8 Å². The Morgan fingerprint density at radius 2 is 2.45 bits per heavy atom. The number of likely N-dealkylation sites (tertiary alicyclic amines) is 1. The van der Waals surface area contributed by atoms with Crippen LogP contribution < -0.4 is 0 Å². The van der Waals surface area contributed by atoms with Crippen molar-refractivity contribution in [2.75, 3.05) is 33.4 Å². The number of thiazole rings is 1. The van der Waals surface area contributed by atoms with Crippen LogP contribution in [0.25, 0.3) is 0 Å². The average Bonchev–Trinajstić information content (AvgIpc) is 2.91. The molecule has 1 aromatic rings. The lowest BCUT2D eigenvalue weighted by Gasteiger charge is -2.41. The summed E-state index contributed by atoms with van der Waals surface area (Å²) in [4.78, 5) is 18.5. The third-order valence-corrected chi connectivity index (χ3v) is 4.73. The molecule has 1 aliphatic rings. The van der Waals surface area contributed by atoms with Crippen LogP contribution in [0.5, 0.6) is 0 Å². The van der Waals surface area contributed by atoms with E-state index in [4.69, 9.17) is 4.74 Å². The summed E-state index contributed by atoms with van der Waals surface area (Å²) < 4.78 is 5.13. The first-order valence-corrected chi connectivity index (χ1v) is 7.79. The van der Waals surface area contributed by atoms with Crippen LogP contribution in [-0.2, 0) is 4.74 Å². The number of aliphatic hydroxyl groups is 1. The number of nitrogens with zero attached hydrogens (tertiary/aromatic N) is 2. The highest BCUT2D eigenvalue weighted by Crippen LogP contribution is 2.33. The smallest absolute Gasteiger partial charge is 0.273 e. The SMILES string of the molecule is COCC[C@@]1(CO)CCCN(C(=O)c2csc(C)n2)C1. The Balaban J connectivity index is 2.07. The highest BCUT2D eigenvalue weighted by atomic mass is 32.1. The zero-order chi connectivity index (χ0) is 14.6. The van der Waals surface area contributed by atoms with Gasteiger partial charge in [0.25, 0.3) is 5.91 Å². The Labute approximate surface area is 123 Å². The minimum Gasteiger partial charge on any atom is -0.396 e. The third-order valence-electron chi connectivity index (χ3n) is 3.96. The second-order valence-electron chi connectivity index (χ2n) is 5.48. The van der Waals surface area contributed by atoms with Gasteiger partial charge >= 0.3 is 0 Å². The van der Waals surface area contributed by atoms with Gasteiger partial charge in [-0.05, 0) is 26.2 Å². The Kier molecular flexibility index (Phi) is 5.12. The summed E-state index contributed by atoms with van der Waals surface area (Å²) in [6.07, 6.45) is 2.63. The maximum absolute atomic E-state index is 12.4. The zero-order valence-corrected chi connectivity index (χ0v) is 12.9. The number of amides is 1. The van der Waals surface area contributed by atoms with Crippen molar-refractivity contribution in [3.05, 3.63) is 16.1 Å². The number of aryl methyl sites for hydroxylation is 1. The van der Waals surface area contributed by atoms with E-state index >= 15 is 0 Å². The molecule has 0 radical (unpaired) electrons. The minimum atomic E-state index is -0.227. The first kappa shape index (κ1) is 15.4. The lowest BCUT2D eigenvalue weighted by atomic mass is 9.78. The van der Waals surface area contributed by atoms with Crippen molar-refractivity contribution in [1.82, 2.24) is 9.88 Å². The van der Waals surface area contributed by atoms with Gasteiger partial charge in [0, 0.05) is 37.6 Å². The summed E-state index contributed by atoms with van der Waals surface area (Å²) >= 11 is 1.49. The maximum Gasteiger partial charge on any atom is 0.273 e. The fourth-order valence-corrected chi connectivity index (χ4v) is 3.32. The highest BCUT2D eigenvalue weighted by Gasteiger charge is 2.37. The molecule has 0 aliphatic carbocycles. The van der Waals surface area contributed by atoms with E-state index in [1.165, 1.54) is 11.3 Å². The lowest BCUT2D eigenvalue weighted by Crippen LogP contribution is -2.48. The summed E-state index contributed by atoms with van der Waals surface area (Å²) in [5, 5.41) is 12.4. The normalized spacial score (nSPS) is 23.1. The van der Waals surface area contributed by atoms with Gasteiger partial charge < -0.3 is 14.7 Å². The molecule has 20 heavy (non-hydrogen) atoms.